The van der Waals surface area contributed by atoms with Crippen LogP contribution in [0.2, 0.25) is 0 Å². The summed E-state index contributed by atoms with van der Waals surface area (Å²) in [6.45, 7) is 2.33. The van der Waals surface area contributed by atoms with Crippen molar-refractivity contribution in [3.05, 3.63) is 96.1 Å². The number of carbonyl (C=O) groups is 3. The number of ketones is 2. The lowest BCUT2D eigenvalue weighted by atomic mass is 9.90. The summed E-state index contributed by atoms with van der Waals surface area (Å²) in [4.78, 5) is 37.3. The molecule has 41 heavy (non-hydrogen) atoms. The molecule has 0 aliphatic heterocycles. The number of esters is 1. The van der Waals surface area contributed by atoms with Crippen molar-refractivity contribution in [1.82, 2.24) is 0 Å². The molecule has 3 rings (SSSR count). The molecule has 0 unspecified atom stereocenters. The van der Waals surface area contributed by atoms with Gasteiger partial charge in [0, 0.05) is 31.1 Å². The number of alkyl halides is 2. The number of Topliss-reactive ketones (excluding diaryl/α,β-unsaturated/α-hetero) is 1. The van der Waals surface area contributed by atoms with Gasteiger partial charge in [-0.25, -0.2) is 0 Å². The fraction of sp³-hybridized carbons (Fsp3) is 0.441. The first-order valence-electron chi connectivity index (χ1n) is 14.4. The molecule has 0 spiro atoms. The van der Waals surface area contributed by atoms with Crippen LogP contribution < -0.4 is 0 Å². The molecule has 3 atom stereocenters. The van der Waals surface area contributed by atoms with Gasteiger partial charge < -0.3 is 9.47 Å². The molecule has 0 bridgehead atoms. The maximum Gasteiger partial charge on any atom is 0.309 e. The molecule has 0 radical (unpaired) electrons. The van der Waals surface area contributed by atoms with E-state index in [4.69, 9.17) is 9.47 Å². The first kappa shape index (κ1) is 32.1. The van der Waals surface area contributed by atoms with Crippen molar-refractivity contribution in [3.63, 3.8) is 0 Å². The van der Waals surface area contributed by atoms with E-state index in [1.165, 1.54) is 6.08 Å². The van der Waals surface area contributed by atoms with Gasteiger partial charge >= 0.3 is 11.9 Å². The van der Waals surface area contributed by atoms with Crippen LogP contribution in [0.1, 0.15) is 69.4 Å². The Labute approximate surface area is 241 Å². The van der Waals surface area contributed by atoms with E-state index in [1.54, 1.807) is 6.92 Å². The van der Waals surface area contributed by atoms with Crippen molar-refractivity contribution in [1.29, 1.82) is 0 Å². The van der Waals surface area contributed by atoms with Crippen LogP contribution in [0.25, 0.3) is 0 Å². The first-order valence-corrected chi connectivity index (χ1v) is 14.4. The molecule has 0 amide bonds. The Bertz CT molecular complexity index is 1160. The number of hydrogen-bond acceptors (Lipinski definition) is 5. The highest BCUT2D eigenvalue weighted by Gasteiger charge is 2.42. The summed E-state index contributed by atoms with van der Waals surface area (Å²) >= 11 is 0. The van der Waals surface area contributed by atoms with Crippen molar-refractivity contribution in [2.45, 2.75) is 83.5 Å². The van der Waals surface area contributed by atoms with E-state index in [0.29, 0.717) is 25.7 Å². The first-order chi connectivity index (χ1) is 19.8. The minimum Gasteiger partial charge on any atom is -0.461 e. The Morgan fingerprint density at radius 1 is 0.951 bits per heavy atom. The molecular weight excluding hydrogens is 526 g/mol. The molecule has 1 aliphatic carbocycles. The van der Waals surface area contributed by atoms with Crippen molar-refractivity contribution < 1.29 is 32.6 Å². The molecule has 1 aliphatic rings. The van der Waals surface area contributed by atoms with Crippen LogP contribution in [0, 0.1) is 11.8 Å². The van der Waals surface area contributed by atoms with Crippen molar-refractivity contribution in [2.24, 2.45) is 11.8 Å². The quantitative estimate of drug-likeness (QED) is 0.0854. The van der Waals surface area contributed by atoms with Crippen molar-refractivity contribution in [2.75, 3.05) is 0 Å². The lowest BCUT2D eigenvalue weighted by Gasteiger charge is -2.21. The average Bonchev–Trinajstić information content (AvgIpc) is 3.28. The van der Waals surface area contributed by atoms with Gasteiger partial charge in [0.25, 0.3) is 0 Å². The zero-order valence-electron chi connectivity index (χ0n) is 23.7. The normalized spacial score (nSPS) is 19.3. The number of hydrogen-bond donors (Lipinski definition) is 0. The van der Waals surface area contributed by atoms with E-state index in [0.717, 1.165) is 17.2 Å². The second-order valence-electron chi connectivity index (χ2n) is 10.5. The summed E-state index contributed by atoms with van der Waals surface area (Å²) in [5.74, 6) is -5.91. The highest BCUT2D eigenvalue weighted by atomic mass is 19.3. The summed E-state index contributed by atoms with van der Waals surface area (Å²) in [6, 6.07) is 19.0. The molecule has 0 saturated heterocycles. The molecule has 2 aromatic carbocycles. The molecule has 5 nitrogen and oxygen atoms in total. The fourth-order valence-corrected chi connectivity index (χ4v) is 4.83. The van der Waals surface area contributed by atoms with Gasteiger partial charge in [-0.05, 0) is 42.9 Å². The van der Waals surface area contributed by atoms with E-state index in [-0.39, 0.29) is 44.2 Å². The van der Waals surface area contributed by atoms with Gasteiger partial charge in [-0.2, -0.15) is 8.78 Å². The molecule has 2 aromatic rings. The van der Waals surface area contributed by atoms with Gasteiger partial charge in [-0.15, -0.1) is 0 Å². The predicted octanol–water partition coefficient (Wildman–Crippen LogP) is 7.59. The molecule has 0 N–H and O–H groups in total. The summed E-state index contributed by atoms with van der Waals surface area (Å²) in [6.07, 6.45) is 8.12. The maximum absolute atomic E-state index is 14.3. The van der Waals surface area contributed by atoms with Crippen LogP contribution in [0.15, 0.2) is 85.0 Å². The topological polar surface area (TPSA) is 69.7 Å². The summed E-state index contributed by atoms with van der Waals surface area (Å²) < 4.78 is 39.9. The van der Waals surface area contributed by atoms with Gasteiger partial charge in [-0.1, -0.05) is 92.2 Å². The van der Waals surface area contributed by atoms with E-state index in [1.807, 2.05) is 72.8 Å². The van der Waals surface area contributed by atoms with E-state index >= 15 is 0 Å². The average molecular weight is 567 g/mol. The van der Waals surface area contributed by atoms with Crippen molar-refractivity contribution in [3.8, 4) is 0 Å². The van der Waals surface area contributed by atoms with Crippen LogP contribution in [0.5, 0.6) is 0 Å². The summed E-state index contributed by atoms with van der Waals surface area (Å²) in [7, 11) is 0. The number of benzene rings is 2. The molecule has 7 heteroatoms. The largest absolute Gasteiger partial charge is 0.461 e. The number of carbonyl (C=O) groups excluding carboxylic acids is 3. The zero-order chi connectivity index (χ0) is 29.5. The van der Waals surface area contributed by atoms with Gasteiger partial charge in [0.05, 0.1) is 12.7 Å². The number of halogens is 2. The second-order valence-corrected chi connectivity index (χ2v) is 10.5. The minimum atomic E-state index is -3.42. The van der Waals surface area contributed by atoms with Crippen LogP contribution >= 0.6 is 0 Å². The zero-order valence-corrected chi connectivity index (χ0v) is 23.7. The third-order valence-electron chi connectivity index (χ3n) is 7.24. The monoisotopic (exact) mass is 566 g/mol. The number of rotatable bonds is 17. The van der Waals surface area contributed by atoms with Crippen LogP contribution in [-0.2, 0) is 37.1 Å². The Morgan fingerprint density at radius 3 is 2.27 bits per heavy atom. The van der Waals surface area contributed by atoms with Crippen LogP contribution in [0.3, 0.4) is 0 Å². The smallest absolute Gasteiger partial charge is 0.309 e. The third kappa shape index (κ3) is 10.8. The molecular formula is C34H40F2O5. The lowest BCUT2D eigenvalue weighted by molar-refractivity contribution is -0.145. The van der Waals surface area contributed by atoms with E-state index < -0.39 is 36.1 Å². The van der Waals surface area contributed by atoms with Crippen LogP contribution in [-0.4, -0.2) is 29.6 Å². The van der Waals surface area contributed by atoms with Gasteiger partial charge in [-0.3, -0.25) is 14.4 Å². The molecule has 1 saturated carbocycles. The number of unbranched alkanes of at least 4 members (excludes halogenated alkanes) is 2. The van der Waals surface area contributed by atoms with Gasteiger partial charge in [0.2, 0.25) is 5.78 Å². The van der Waals surface area contributed by atoms with E-state index in [9.17, 15) is 23.2 Å². The van der Waals surface area contributed by atoms with Gasteiger partial charge in [0.1, 0.15) is 12.4 Å². The van der Waals surface area contributed by atoms with E-state index in [2.05, 4.69) is 0 Å². The third-order valence-corrected chi connectivity index (χ3v) is 7.24. The summed E-state index contributed by atoms with van der Waals surface area (Å²) in [5, 5.41) is 0. The molecule has 0 aromatic heterocycles. The highest BCUT2D eigenvalue weighted by Crippen LogP contribution is 2.36. The summed E-state index contributed by atoms with van der Waals surface area (Å²) in [5.41, 5.74) is 1.87. The molecule has 220 valence electrons. The Balaban J connectivity index is 1.55. The van der Waals surface area contributed by atoms with Crippen molar-refractivity contribution >= 4 is 17.5 Å². The molecule has 0 heterocycles. The number of ether oxygens (including phenoxy) is 2. The molecule has 1 fully saturated rings. The Hall–Kier alpha value is -3.45. The Kier molecular flexibility index (Phi) is 13.1. The Morgan fingerprint density at radius 2 is 1.61 bits per heavy atom. The maximum atomic E-state index is 14.3. The highest BCUT2D eigenvalue weighted by molar-refractivity contribution is 5.96. The second kappa shape index (κ2) is 16.7. The fourth-order valence-electron chi connectivity index (χ4n) is 4.83. The van der Waals surface area contributed by atoms with Gasteiger partial charge in [0.15, 0.2) is 0 Å². The number of allylic oxidation sites excluding steroid dienone is 3. The predicted molar refractivity (Wildman–Crippen MR) is 154 cm³/mol. The SMILES string of the molecule is CCCCC(F)(F)C(=O)/C=C/[C@H]1[C@H](OCc2ccccc2)CC(=O)[C@@H]1C/C=C\CCCC(=O)OCc1ccccc1. The minimum absolute atomic E-state index is 0.0166. The lowest BCUT2D eigenvalue weighted by Crippen LogP contribution is -2.28. The van der Waals surface area contributed by atoms with Crippen LogP contribution in [0.4, 0.5) is 8.78 Å². The standard InChI is InChI=1S/C34H40F2O5/c1-2-3-22-34(35,36)32(38)21-20-29-28(30(37)23-31(29)40-24-26-14-8-6-9-15-26)18-12-4-5-13-19-33(39)41-25-27-16-10-7-11-17-27/h4,6-12,14-17,20-21,28-29,31H,2-3,5,13,18-19,22-25H2,1H3/b12-4-,21-20+/t28-,29-,31-/m1/s1.